The van der Waals surface area contributed by atoms with Crippen molar-refractivity contribution in [3.8, 4) is 0 Å². The van der Waals surface area contributed by atoms with Crippen LogP contribution >= 0.6 is 11.6 Å². The van der Waals surface area contributed by atoms with Gasteiger partial charge in [-0.2, -0.15) is 0 Å². The second-order valence-corrected chi connectivity index (χ2v) is 6.93. The summed E-state index contributed by atoms with van der Waals surface area (Å²) in [7, 11) is 0. The monoisotopic (exact) mass is 310 g/mol. The van der Waals surface area contributed by atoms with E-state index >= 15 is 0 Å². The Morgan fingerprint density at radius 1 is 1.24 bits per heavy atom. The molecule has 1 heterocycles. The predicted molar refractivity (Wildman–Crippen MR) is 84.2 cm³/mol. The number of halogens is 1. The lowest BCUT2D eigenvalue weighted by Crippen LogP contribution is -2.40. The molecule has 0 saturated heterocycles. The highest BCUT2D eigenvalue weighted by Crippen LogP contribution is 2.38. The summed E-state index contributed by atoms with van der Waals surface area (Å²) < 4.78 is 1.44. The Bertz CT molecular complexity index is 624. The molecule has 4 nitrogen and oxygen atoms in total. The molecule has 1 aromatic heterocycles. The number of nitrogens with zero attached hydrogens (tertiary/aromatic N) is 1. The van der Waals surface area contributed by atoms with Crippen LogP contribution in [0.5, 0.6) is 0 Å². The molecule has 0 spiro atoms. The van der Waals surface area contributed by atoms with Gasteiger partial charge in [-0.1, -0.05) is 44.2 Å². The molecule has 2 aliphatic carbocycles. The smallest absolute Gasteiger partial charge is 0.297 e. The molecule has 2 saturated carbocycles. The van der Waals surface area contributed by atoms with E-state index in [0.29, 0.717) is 11.5 Å². The molecule has 0 aliphatic heterocycles. The van der Waals surface area contributed by atoms with E-state index in [9.17, 15) is 9.59 Å². The Morgan fingerprint density at radius 3 is 2.48 bits per heavy atom. The first-order valence-corrected chi connectivity index (χ1v) is 8.53. The van der Waals surface area contributed by atoms with Crippen LogP contribution in [0.4, 0.5) is 0 Å². The number of nitrogens with one attached hydrogen (secondary N) is 1. The number of hydrogen-bond donors (Lipinski definition) is 1. The van der Waals surface area contributed by atoms with E-state index in [1.54, 1.807) is 0 Å². The fraction of sp³-hybridized carbons (Fsp3) is 0.750. The van der Waals surface area contributed by atoms with Gasteiger partial charge in [0.25, 0.3) is 5.56 Å². The summed E-state index contributed by atoms with van der Waals surface area (Å²) >= 11 is 6.18. The highest BCUT2D eigenvalue weighted by molar-refractivity contribution is 6.30. The van der Waals surface area contributed by atoms with Gasteiger partial charge in [-0.15, -0.1) is 0 Å². The zero-order chi connectivity index (χ0) is 15.0. The van der Waals surface area contributed by atoms with E-state index in [1.165, 1.54) is 17.4 Å². The van der Waals surface area contributed by atoms with Crippen LogP contribution in [0, 0.1) is 5.92 Å². The number of aromatic nitrogens is 2. The molecule has 1 unspecified atom stereocenters. The minimum absolute atomic E-state index is 0.00571. The van der Waals surface area contributed by atoms with Crippen LogP contribution in [0.3, 0.4) is 0 Å². The standard InChI is InChI=1S/C16H23ClN2O2/c1-2-12(9-10-7-8-10)19-15(20)13(11-5-3-4-6-11)14(17)18-16(19)21/h10-12H,2-9H2,1H3,(H,18,21). The summed E-state index contributed by atoms with van der Waals surface area (Å²) in [5.41, 5.74) is 0.144. The third kappa shape index (κ3) is 2.96. The Labute approximate surface area is 129 Å². The fourth-order valence-electron chi connectivity index (χ4n) is 3.63. The van der Waals surface area contributed by atoms with Crippen LogP contribution in [-0.2, 0) is 0 Å². The molecule has 2 aliphatic rings. The molecule has 2 fully saturated rings. The minimum atomic E-state index is -0.348. The maximum absolute atomic E-state index is 12.9. The van der Waals surface area contributed by atoms with Gasteiger partial charge in [0.05, 0.1) is 5.56 Å². The molecular weight excluding hydrogens is 288 g/mol. The van der Waals surface area contributed by atoms with Crippen molar-refractivity contribution < 1.29 is 0 Å². The van der Waals surface area contributed by atoms with Gasteiger partial charge in [-0.05, 0) is 37.5 Å². The Kier molecular flexibility index (Phi) is 4.25. The van der Waals surface area contributed by atoms with E-state index in [-0.39, 0.29) is 28.4 Å². The first-order valence-electron chi connectivity index (χ1n) is 8.16. The molecule has 0 aromatic carbocycles. The molecule has 0 bridgehead atoms. The number of aromatic amines is 1. The summed E-state index contributed by atoms with van der Waals surface area (Å²) in [6.07, 6.45) is 8.48. The van der Waals surface area contributed by atoms with Gasteiger partial charge in [0.15, 0.2) is 0 Å². The predicted octanol–water partition coefficient (Wildman–Crippen LogP) is 3.60. The summed E-state index contributed by atoms with van der Waals surface area (Å²) in [6.45, 7) is 2.04. The van der Waals surface area contributed by atoms with Crippen molar-refractivity contribution in [1.29, 1.82) is 0 Å². The molecule has 0 radical (unpaired) electrons. The van der Waals surface area contributed by atoms with Gasteiger partial charge in [0, 0.05) is 6.04 Å². The average molecular weight is 311 g/mol. The normalized spacial score (nSPS) is 20.9. The number of H-pyrrole nitrogens is 1. The van der Waals surface area contributed by atoms with Crippen molar-refractivity contribution in [3.05, 3.63) is 31.6 Å². The van der Waals surface area contributed by atoms with Crippen LogP contribution in [0.2, 0.25) is 5.15 Å². The molecule has 1 aromatic rings. The lowest BCUT2D eigenvalue weighted by Gasteiger charge is -2.20. The van der Waals surface area contributed by atoms with Crippen molar-refractivity contribution in [2.24, 2.45) is 5.92 Å². The van der Waals surface area contributed by atoms with E-state index in [1.807, 2.05) is 6.92 Å². The van der Waals surface area contributed by atoms with Gasteiger partial charge >= 0.3 is 5.69 Å². The van der Waals surface area contributed by atoms with Crippen LogP contribution in [0.1, 0.15) is 75.8 Å². The van der Waals surface area contributed by atoms with Crippen LogP contribution in [-0.4, -0.2) is 9.55 Å². The Morgan fingerprint density at radius 2 is 1.90 bits per heavy atom. The van der Waals surface area contributed by atoms with Gasteiger partial charge in [0.1, 0.15) is 5.15 Å². The molecule has 3 rings (SSSR count). The van der Waals surface area contributed by atoms with E-state index < -0.39 is 0 Å². The van der Waals surface area contributed by atoms with E-state index in [0.717, 1.165) is 38.5 Å². The fourth-order valence-corrected chi connectivity index (χ4v) is 3.95. The third-order valence-electron chi connectivity index (χ3n) is 5.02. The molecule has 1 N–H and O–H groups in total. The second-order valence-electron chi connectivity index (χ2n) is 6.56. The van der Waals surface area contributed by atoms with Gasteiger partial charge in [-0.25, -0.2) is 4.79 Å². The molecule has 1 atom stereocenters. The number of rotatable bonds is 5. The minimum Gasteiger partial charge on any atom is -0.297 e. The van der Waals surface area contributed by atoms with Crippen LogP contribution in [0.15, 0.2) is 9.59 Å². The average Bonchev–Trinajstić information content (AvgIpc) is 3.10. The summed E-state index contributed by atoms with van der Waals surface area (Å²) in [6, 6.07) is 0.00571. The van der Waals surface area contributed by atoms with Crippen molar-refractivity contribution >= 4 is 11.6 Å². The maximum atomic E-state index is 12.9. The van der Waals surface area contributed by atoms with Gasteiger partial charge < -0.3 is 0 Å². The molecule has 116 valence electrons. The SMILES string of the molecule is CCC(CC1CC1)n1c(=O)[nH]c(Cl)c(C2CCCC2)c1=O. The molecule has 21 heavy (non-hydrogen) atoms. The van der Waals surface area contributed by atoms with Crippen molar-refractivity contribution in [1.82, 2.24) is 9.55 Å². The Balaban J connectivity index is 2.04. The Hall–Kier alpha value is -1.03. The first kappa shape index (κ1) is 14.9. The molecule has 5 heteroatoms. The zero-order valence-corrected chi connectivity index (χ0v) is 13.3. The molecule has 0 amide bonds. The van der Waals surface area contributed by atoms with Crippen molar-refractivity contribution in [2.75, 3.05) is 0 Å². The van der Waals surface area contributed by atoms with E-state index in [2.05, 4.69) is 4.98 Å². The van der Waals surface area contributed by atoms with Gasteiger partial charge in [-0.3, -0.25) is 14.3 Å². The zero-order valence-electron chi connectivity index (χ0n) is 12.5. The first-order chi connectivity index (χ1) is 10.1. The van der Waals surface area contributed by atoms with Crippen LogP contribution < -0.4 is 11.2 Å². The quantitative estimate of drug-likeness (QED) is 0.845. The number of hydrogen-bond acceptors (Lipinski definition) is 2. The largest absolute Gasteiger partial charge is 0.329 e. The maximum Gasteiger partial charge on any atom is 0.329 e. The van der Waals surface area contributed by atoms with Gasteiger partial charge in [0.2, 0.25) is 0 Å². The van der Waals surface area contributed by atoms with Crippen molar-refractivity contribution in [2.45, 2.75) is 70.3 Å². The molecular formula is C16H23ClN2O2. The summed E-state index contributed by atoms with van der Waals surface area (Å²) in [5, 5.41) is 0.259. The summed E-state index contributed by atoms with van der Waals surface area (Å²) in [4.78, 5) is 27.8. The van der Waals surface area contributed by atoms with Crippen LogP contribution in [0.25, 0.3) is 0 Å². The highest BCUT2D eigenvalue weighted by atomic mass is 35.5. The lowest BCUT2D eigenvalue weighted by molar-refractivity contribution is 0.398. The lowest BCUT2D eigenvalue weighted by atomic mass is 10.00. The summed E-state index contributed by atoms with van der Waals surface area (Å²) in [5.74, 6) is 0.901. The van der Waals surface area contributed by atoms with Crippen molar-refractivity contribution in [3.63, 3.8) is 0 Å². The van der Waals surface area contributed by atoms with E-state index in [4.69, 9.17) is 11.6 Å². The highest BCUT2D eigenvalue weighted by Gasteiger charge is 2.30. The second kappa shape index (κ2) is 5.99. The topological polar surface area (TPSA) is 54.9 Å². The third-order valence-corrected chi connectivity index (χ3v) is 5.32.